The Labute approximate surface area is 144 Å². The molecule has 0 radical (unpaired) electrons. The maximum Gasteiger partial charge on any atom is 0.241 e. The number of ether oxygens (including phenoxy) is 1. The molecule has 2 aromatic rings. The zero-order valence-electron chi connectivity index (χ0n) is 14.8. The SMILES string of the molecule is CC[C@H](N[C@@H](C)C(=O)Nc1ccc(C)cc1)c1ccc(OC)cc1. The highest BCUT2D eigenvalue weighted by Crippen LogP contribution is 2.21. The van der Waals surface area contributed by atoms with Crippen molar-refractivity contribution < 1.29 is 9.53 Å². The third-order valence-electron chi connectivity index (χ3n) is 4.09. The van der Waals surface area contributed by atoms with Crippen molar-refractivity contribution in [2.75, 3.05) is 12.4 Å². The van der Waals surface area contributed by atoms with E-state index in [4.69, 9.17) is 4.74 Å². The van der Waals surface area contributed by atoms with E-state index in [1.807, 2.05) is 62.4 Å². The number of aryl methyl sites for hydroxylation is 1. The molecule has 128 valence electrons. The van der Waals surface area contributed by atoms with E-state index in [0.29, 0.717) is 0 Å². The van der Waals surface area contributed by atoms with E-state index in [0.717, 1.165) is 23.4 Å². The number of anilines is 1. The van der Waals surface area contributed by atoms with Crippen LogP contribution in [0, 0.1) is 6.92 Å². The molecule has 24 heavy (non-hydrogen) atoms. The van der Waals surface area contributed by atoms with Crippen molar-refractivity contribution in [1.29, 1.82) is 0 Å². The summed E-state index contributed by atoms with van der Waals surface area (Å²) >= 11 is 0. The Bertz CT molecular complexity index is 650. The smallest absolute Gasteiger partial charge is 0.241 e. The van der Waals surface area contributed by atoms with E-state index in [1.165, 1.54) is 5.56 Å². The molecule has 0 aliphatic carbocycles. The molecule has 0 bridgehead atoms. The molecule has 0 saturated carbocycles. The Balaban J connectivity index is 1.98. The lowest BCUT2D eigenvalue weighted by atomic mass is 10.0. The summed E-state index contributed by atoms with van der Waals surface area (Å²) in [6, 6.07) is 15.6. The summed E-state index contributed by atoms with van der Waals surface area (Å²) in [5.41, 5.74) is 3.13. The molecule has 4 nitrogen and oxygen atoms in total. The number of methoxy groups -OCH3 is 1. The fourth-order valence-corrected chi connectivity index (χ4v) is 2.55. The normalized spacial score (nSPS) is 13.2. The monoisotopic (exact) mass is 326 g/mol. The predicted molar refractivity (Wildman–Crippen MR) is 98.4 cm³/mol. The zero-order chi connectivity index (χ0) is 17.5. The van der Waals surface area contributed by atoms with Gasteiger partial charge in [-0.3, -0.25) is 10.1 Å². The van der Waals surface area contributed by atoms with Crippen LogP contribution in [0.15, 0.2) is 48.5 Å². The Morgan fingerprint density at radius 2 is 1.71 bits per heavy atom. The van der Waals surface area contributed by atoms with Crippen molar-refractivity contribution in [2.24, 2.45) is 0 Å². The summed E-state index contributed by atoms with van der Waals surface area (Å²) < 4.78 is 5.19. The molecule has 0 fully saturated rings. The molecule has 1 amide bonds. The minimum absolute atomic E-state index is 0.0363. The summed E-state index contributed by atoms with van der Waals surface area (Å²) in [6.07, 6.45) is 0.897. The summed E-state index contributed by atoms with van der Waals surface area (Å²) in [6.45, 7) is 6.01. The van der Waals surface area contributed by atoms with Crippen LogP contribution in [0.1, 0.15) is 37.4 Å². The first-order valence-corrected chi connectivity index (χ1v) is 8.31. The van der Waals surface area contributed by atoms with Crippen LogP contribution in [-0.2, 0) is 4.79 Å². The second-order valence-electron chi connectivity index (χ2n) is 5.98. The molecular formula is C20H26N2O2. The standard InChI is InChI=1S/C20H26N2O2/c1-5-19(16-8-12-18(24-4)13-9-16)21-15(3)20(23)22-17-10-6-14(2)7-11-17/h6-13,15,19,21H,5H2,1-4H3,(H,22,23)/t15-,19-/m0/s1. The average Bonchev–Trinajstić information content (AvgIpc) is 2.61. The number of carbonyl (C=O) groups excluding carboxylic acids is 1. The highest BCUT2D eigenvalue weighted by Gasteiger charge is 2.18. The lowest BCUT2D eigenvalue weighted by Crippen LogP contribution is -2.40. The lowest BCUT2D eigenvalue weighted by Gasteiger charge is -2.22. The number of benzene rings is 2. The number of amides is 1. The van der Waals surface area contributed by atoms with Crippen LogP contribution in [0.2, 0.25) is 0 Å². The van der Waals surface area contributed by atoms with Gasteiger partial charge in [0.1, 0.15) is 5.75 Å². The van der Waals surface area contributed by atoms with Gasteiger partial charge in [0.25, 0.3) is 0 Å². The molecule has 0 unspecified atom stereocenters. The van der Waals surface area contributed by atoms with Crippen molar-refractivity contribution in [3.63, 3.8) is 0 Å². The molecule has 0 aliphatic rings. The topological polar surface area (TPSA) is 50.4 Å². The second kappa shape index (κ2) is 8.50. The van der Waals surface area contributed by atoms with E-state index in [9.17, 15) is 4.79 Å². The van der Waals surface area contributed by atoms with Gasteiger partial charge in [0.15, 0.2) is 0 Å². The number of hydrogen-bond acceptors (Lipinski definition) is 3. The molecule has 2 aromatic carbocycles. The first-order valence-electron chi connectivity index (χ1n) is 8.31. The fourth-order valence-electron chi connectivity index (χ4n) is 2.55. The van der Waals surface area contributed by atoms with Gasteiger partial charge in [-0.05, 0) is 50.1 Å². The summed E-state index contributed by atoms with van der Waals surface area (Å²) in [4.78, 5) is 12.4. The Hall–Kier alpha value is -2.33. The second-order valence-corrected chi connectivity index (χ2v) is 5.98. The highest BCUT2D eigenvalue weighted by atomic mass is 16.5. The third-order valence-corrected chi connectivity index (χ3v) is 4.09. The quantitative estimate of drug-likeness (QED) is 0.806. The minimum Gasteiger partial charge on any atom is -0.497 e. The van der Waals surface area contributed by atoms with Crippen molar-refractivity contribution in [2.45, 2.75) is 39.3 Å². The molecule has 2 rings (SSSR count). The van der Waals surface area contributed by atoms with Gasteiger partial charge in [0.2, 0.25) is 5.91 Å². The van der Waals surface area contributed by atoms with Crippen LogP contribution in [-0.4, -0.2) is 19.1 Å². The largest absolute Gasteiger partial charge is 0.497 e. The van der Waals surface area contributed by atoms with Gasteiger partial charge in [0.05, 0.1) is 13.2 Å². The predicted octanol–water partition coefficient (Wildman–Crippen LogP) is 4.07. The molecule has 2 N–H and O–H groups in total. The van der Waals surface area contributed by atoms with Crippen LogP contribution < -0.4 is 15.4 Å². The van der Waals surface area contributed by atoms with Crippen molar-refractivity contribution in [3.8, 4) is 5.75 Å². The van der Waals surface area contributed by atoms with Gasteiger partial charge >= 0.3 is 0 Å². The van der Waals surface area contributed by atoms with E-state index in [2.05, 4.69) is 17.6 Å². The van der Waals surface area contributed by atoms with Gasteiger partial charge in [0, 0.05) is 11.7 Å². The van der Waals surface area contributed by atoms with Gasteiger partial charge in [-0.1, -0.05) is 36.8 Å². The summed E-state index contributed by atoms with van der Waals surface area (Å²) in [5, 5.41) is 6.35. The Morgan fingerprint density at radius 3 is 2.25 bits per heavy atom. The number of rotatable bonds is 7. The lowest BCUT2D eigenvalue weighted by molar-refractivity contribution is -0.118. The van der Waals surface area contributed by atoms with Crippen molar-refractivity contribution >= 4 is 11.6 Å². The van der Waals surface area contributed by atoms with Gasteiger partial charge in [-0.2, -0.15) is 0 Å². The first-order chi connectivity index (χ1) is 11.5. The van der Waals surface area contributed by atoms with Gasteiger partial charge in [-0.25, -0.2) is 0 Å². The van der Waals surface area contributed by atoms with Crippen molar-refractivity contribution in [3.05, 3.63) is 59.7 Å². The highest BCUT2D eigenvalue weighted by molar-refractivity contribution is 5.94. The summed E-state index contributed by atoms with van der Waals surface area (Å²) in [5.74, 6) is 0.796. The Morgan fingerprint density at radius 1 is 1.08 bits per heavy atom. The fraction of sp³-hybridized carbons (Fsp3) is 0.350. The molecule has 0 aliphatic heterocycles. The van der Waals surface area contributed by atoms with Gasteiger partial charge in [-0.15, -0.1) is 0 Å². The van der Waals surface area contributed by atoms with E-state index in [-0.39, 0.29) is 18.0 Å². The van der Waals surface area contributed by atoms with Crippen LogP contribution in [0.25, 0.3) is 0 Å². The van der Waals surface area contributed by atoms with Crippen LogP contribution in [0.3, 0.4) is 0 Å². The maximum absolute atomic E-state index is 12.4. The number of carbonyl (C=O) groups is 1. The van der Waals surface area contributed by atoms with E-state index >= 15 is 0 Å². The molecule has 0 heterocycles. The van der Waals surface area contributed by atoms with Crippen LogP contribution in [0.5, 0.6) is 5.75 Å². The molecule has 4 heteroatoms. The van der Waals surface area contributed by atoms with Crippen LogP contribution in [0.4, 0.5) is 5.69 Å². The number of nitrogens with one attached hydrogen (secondary N) is 2. The van der Waals surface area contributed by atoms with Crippen molar-refractivity contribution in [1.82, 2.24) is 5.32 Å². The molecule has 0 spiro atoms. The van der Waals surface area contributed by atoms with Crippen LogP contribution >= 0.6 is 0 Å². The van der Waals surface area contributed by atoms with Gasteiger partial charge < -0.3 is 10.1 Å². The molecule has 0 saturated heterocycles. The third kappa shape index (κ3) is 4.83. The first kappa shape index (κ1) is 18.0. The molecule has 0 aromatic heterocycles. The Kier molecular flexibility index (Phi) is 6.38. The molecule has 2 atom stereocenters. The number of hydrogen-bond donors (Lipinski definition) is 2. The summed E-state index contributed by atoms with van der Waals surface area (Å²) in [7, 11) is 1.65. The minimum atomic E-state index is -0.293. The zero-order valence-corrected chi connectivity index (χ0v) is 14.8. The average molecular weight is 326 g/mol. The van der Waals surface area contributed by atoms with E-state index in [1.54, 1.807) is 7.11 Å². The van der Waals surface area contributed by atoms with E-state index < -0.39 is 0 Å². The molecular weight excluding hydrogens is 300 g/mol. The maximum atomic E-state index is 12.4.